The summed E-state index contributed by atoms with van der Waals surface area (Å²) in [5.41, 5.74) is 0. The third kappa shape index (κ3) is 9.07. The molecule has 1 aromatic rings. The molecule has 198 valence electrons. The molecule has 0 radical (unpaired) electrons. The van der Waals surface area contributed by atoms with Crippen LogP contribution in [0.2, 0.25) is 0 Å². The summed E-state index contributed by atoms with van der Waals surface area (Å²) in [4.78, 5) is 18.6. The summed E-state index contributed by atoms with van der Waals surface area (Å²) in [6, 6.07) is 2.46. The monoisotopic (exact) mass is 502 g/mol. The molecule has 1 aliphatic heterocycles. The fourth-order valence-corrected chi connectivity index (χ4v) is 4.35. The molecule has 2 rings (SSSR count). The van der Waals surface area contributed by atoms with E-state index in [9.17, 15) is 0 Å². The second-order valence-corrected chi connectivity index (χ2v) is 10.2. The Bertz CT molecular complexity index is 654. The Morgan fingerprint density at radius 3 is 1.47 bits per heavy atom. The summed E-state index contributed by atoms with van der Waals surface area (Å²) < 4.78 is 18.2. The standard InChI is InChI=1S/C24H47N6O3.ClH/c1-18(2)28(19(3)4)10-14-32-23-25-22(30(9)12-16-31-17-13-30)26-24(27-23)33-15-11-29(20(5)6)21(7)8;/h18-21H,10-17H2,1-9H3;1H/q+1;/p-1. The molecule has 0 aromatic carbocycles. The maximum absolute atomic E-state index is 6.02. The van der Waals surface area contributed by atoms with E-state index >= 15 is 0 Å². The number of nitrogens with zero attached hydrogens (tertiary/aromatic N) is 6. The van der Waals surface area contributed by atoms with Crippen molar-refractivity contribution in [3.63, 3.8) is 0 Å². The molecular formula is C24H47ClN6O3. The van der Waals surface area contributed by atoms with Crippen LogP contribution in [-0.2, 0) is 4.74 Å². The van der Waals surface area contributed by atoms with Gasteiger partial charge in [0.15, 0.2) is 0 Å². The zero-order chi connectivity index (χ0) is 24.6. The van der Waals surface area contributed by atoms with Gasteiger partial charge in [-0.3, -0.25) is 14.3 Å². The first kappa shape index (κ1) is 30.8. The van der Waals surface area contributed by atoms with Gasteiger partial charge in [0.25, 0.3) is 0 Å². The van der Waals surface area contributed by atoms with Crippen molar-refractivity contribution in [1.29, 1.82) is 0 Å². The zero-order valence-electron chi connectivity index (χ0n) is 22.8. The predicted octanol–water partition coefficient (Wildman–Crippen LogP) is -0.162. The molecule has 0 bridgehead atoms. The van der Waals surface area contributed by atoms with Gasteiger partial charge in [0, 0.05) is 37.3 Å². The van der Waals surface area contributed by atoms with E-state index in [0.717, 1.165) is 26.2 Å². The van der Waals surface area contributed by atoms with Gasteiger partial charge in [-0.05, 0) is 55.4 Å². The number of morpholine rings is 1. The molecule has 0 atom stereocenters. The third-order valence-electron chi connectivity index (χ3n) is 6.34. The average molecular weight is 503 g/mol. The van der Waals surface area contributed by atoms with E-state index in [-0.39, 0.29) is 12.4 Å². The van der Waals surface area contributed by atoms with Gasteiger partial charge in [0.1, 0.15) is 26.3 Å². The Balaban J connectivity index is 0.00000578. The van der Waals surface area contributed by atoms with Crippen molar-refractivity contribution in [2.75, 3.05) is 59.7 Å². The lowest BCUT2D eigenvalue weighted by Crippen LogP contribution is -3.00. The van der Waals surface area contributed by atoms with Gasteiger partial charge in [0.05, 0.1) is 20.3 Å². The van der Waals surface area contributed by atoms with Crippen molar-refractivity contribution in [2.45, 2.75) is 79.6 Å². The van der Waals surface area contributed by atoms with Crippen LogP contribution >= 0.6 is 0 Å². The average Bonchev–Trinajstić information content (AvgIpc) is 2.73. The molecule has 1 aromatic heterocycles. The fraction of sp³-hybridized carbons (Fsp3) is 0.875. The van der Waals surface area contributed by atoms with Gasteiger partial charge >= 0.3 is 18.0 Å². The Kier molecular flexibility index (Phi) is 13.0. The van der Waals surface area contributed by atoms with E-state index in [1.54, 1.807) is 0 Å². The SMILES string of the molecule is CC(C)N(CCOc1nc(OCCN(C(C)C)C(C)C)nc([N+]2(C)CCOCC2)n1)C(C)C.[Cl-]. The molecule has 2 heterocycles. The molecule has 1 saturated heterocycles. The second-order valence-electron chi connectivity index (χ2n) is 10.2. The summed E-state index contributed by atoms with van der Waals surface area (Å²) >= 11 is 0. The minimum Gasteiger partial charge on any atom is -1.00 e. The number of quaternary nitrogens is 1. The smallest absolute Gasteiger partial charge is 0.338 e. The van der Waals surface area contributed by atoms with E-state index in [0.29, 0.717) is 73.0 Å². The van der Waals surface area contributed by atoms with Crippen molar-refractivity contribution < 1.29 is 26.6 Å². The number of aromatic nitrogens is 3. The first-order chi connectivity index (χ1) is 15.5. The molecular weight excluding hydrogens is 456 g/mol. The lowest BCUT2D eigenvalue weighted by atomic mass is 10.2. The highest BCUT2D eigenvalue weighted by atomic mass is 35.5. The fourth-order valence-electron chi connectivity index (χ4n) is 4.35. The van der Waals surface area contributed by atoms with Crippen LogP contribution in [0.25, 0.3) is 0 Å². The lowest BCUT2D eigenvalue weighted by molar-refractivity contribution is -0.0000113. The first-order valence-corrected chi connectivity index (χ1v) is 12.5. The summed E-state index contributed by atoms with van der Waals surface area (Å²) in [6.07, 6.45) is 0. The maximum Gasteiger partial charge on any atom is 0.338 e. The van der Waals surface area contributed by atoms with E-state index < -0.39 is 0 Å². The number of hydrogen-bond acceptors (Lipinski definition) is 8. The molecule has 9 nitrogen and oxygen atoms in total. The van der Waals surface area contributed by atoms with Gasteiger partial charge in [0.2, 0.25) is 0 Å². The highest BCUT2D eigenvalue weighted by molar-refractivity contribution is 5.28. The minimum absolute atomic E-state index is 0. The highest BCUT2D eigenvalue weighted by Crippen LogP contribution is 2.23. The van der Waals surface area contributed by atoms with Crippen LogP contribution in [0, 0.1) is 0 Å². The van der Waals surface area contributed by atoms with Gasteiger partial charge in [-0.25, -0.2) is 0 Å². The van der Waals surface area contributed by atoms with Crippen molar-refractivity contribution in [2.24, 2.45) is 0 Å². The van der Waals surface area contributed by atoms with Gasteiger partial charge in [-0.1, -0.05) is 0 Å². The summed E-state index contributed by atoms with van der Waals surface area (Å²) in [5.74, 6) is 0.674. The van der Waals surface area contributed by atoms with Crippen molar-refractivity contribution in [3.05, 3.63) is 0 Å². The Morgan fingerprint density at radius 1 is 0.735 bits per heavy atom. The Labute approximate surface area is 213 Å². The van der Waals surface area contributed by atoms with Gasteiger partial charge in [-0.2, -0.15) is 0 Å². The number of ether oxygens (including phenoxy) is 3. The Hall–Kier alpha value is -1.26. The summed E-state index contributed by atoms with van der Waals surface area (Å²) in [7, 11) is 2.13. The van der Waals surface area contributed by atoms with Crippen LogP contribution in [-0.4, -0.2) is 109 Å². The molecule has 1 aliphatic rings. The second kappa shape index (κ2) is 14.3. The van der Waals surface area contributed by atoms with Crippen molar-refractivity contribution in [1.82, 2.24) is 29.2 Å². The van der Waals surface area contributed by atoms with Crippen LogP contribution in [0.5, 0.6) is 12.0 Å². The number of hydrogen-bond donors (Lipinski definition) is 0. The predicted molar refractivity (Wildman–Crippen MR) is 133 cm³/mol. The molecule has 0 N–H and O–H groups in total. The van der Waals surface area contributed by atoms with E-state index in [1.807, 2.05) is 0 Å². The third-order valence-corrected chi connectivity index (χ3v) is 6.34. The molecule has 1 fully saturated rings. The van der Waals surface area contributed by atoms with E-state index in [1.165, 1.54) is 0 Å². The lowest BCUT2D eigenvalue weighted by Gasteiger charge is -2.34. The molecule has 0 amide bonds. The molecule has 0 aliphatic carbocycles. The molecule has 34 heavy (non-hydrogen) atoms. The van der Waals surface area contributed by atoms with Crippen LogP contribution in [0.15, 0.2) is 0 Å². The zero-order valence-corrected chi connectivity index (χ0v) is 23.5. The molecule has 0 spiro atoms. The Morgan fingerprint density at radius 2 is 1.12 bits per heavy atom. The van der Waals surface area contributed by atoms with Gasteiger partial charge in [-0.15, -0.1) is 15.0 Å². The normalized spacial score (nSPS) is 16.1. The first-order valence-electron chi connectivity index (χ1n) is 12.5. The van der Waals surface area contributed by atoms with Crippen LogP contribution < -0.4 is 26.4 Å². The van der Waals surface area contributed by atoms with Crippen molar-refractivity contribution in [3.8, 4) is 12.0 Å². The van der Waals surface area contributed by atoms with E-state index in [2.05, 4.69) is 87.2 Å². The maximum atomic E-state index is 6.02. The highest BCUT2D eigenvalue weighted by Gasteiger charge is 2.33. The quantitative estimate of drug-likeness (QED) is 0.344. The number of rotatable bonds is 13. The van der Waals surface area contributed by atoms with E-state index in [4.69, 9.17) is 14.2 Å². The van der Waals surface area contributed by atoms with Crippen molar-refractivity contribution >= 4 is 5.95 Å². The van der Waals surface area contributed by atoms with Crippen LogP contribution in [0.3, 0.4) is 0 Å². The molecule has 10 heteroatoms. The molecule has 0 unspecified atom stereocenters. The molecule has 0 saturated carbocycles. The summed E-state index contributed by atoms with van der Waals surface area (Å²) in [6.45, 7) is 23.3. The summed E-state index contributed by atoms with van der Waals surface area (Å²) in [5, 5.41) is 0. The largest absolute Gasteiger partial charge is 1.00 e. The van der Waals surface area contributed by atoms with Crippen LogP contribution in [0.1, 0.15) is 55.4 Å². The van der Waals surface area contributed by atoms with Crippen LogP contribution in [0.4, 0.5) is 5.95 Å². The van der Waals surface area contributed by atoms with Gasteiger partial charge < -0.3 is 26.6 Å². The minimum atomic E-state index is 0. The topological polar surface area (TPSA) is 72.8 Å². The number of likely N-dealkylation sites (N-methyl/N-ethyl adjacent to an activating group) is 1. The number of halogens is 1.